The van der Waals surface area contributed by atoms with Gasteiger partial charge in [-0.3, -0.25) is 4.79 Å². The lowest BCUT2D eigenvalue weighted by Crippen LogP contribution is -2.40. The molecule has 0 heterocycles. The fourth-order valence-corrected chi connectivity index (χ4v) is 5.68. The molecule has 0 fully saturated rings. The summed E-state index contributed by atoms with van der Waals surface area (Å²) in [5.74, 6) is -1.35. The van der Waals surface area contributed by atoms with Crippen LogP contribution in [0.5, 0.6) is 0 Å². The SMILES string of the molecule is Cc1ccc(S(=O)(=O)N(C(=O)C(c2ccccc2)c2ccc(N(C)C)cc2C)c2ccccc2)cc1. The van der Waals surface area contributed by atoms with Crippen molar-refractivity contribution in [1.82, 2.24) is 0 Å². The Morgan fingerprint density at radius 1 is 0.722 bits per heavy atom. The number of anilines is 2. The van der Waals surface area contributed by atoms with Crippen LogP contribution in [0.2, 0.25) is 0 Å². The Labute approximate surface area is 213 Å². The fraction of sp³-hybridized carbons (Fsp3) is 0.167. The number of rotatable bonds is 7. The Hall–Kier alpha value is -3.90. The molecule has 1 unspecified atom stereocenters. The molecule has 4 aromatic carbocycles. The first-order valence-corrected chi connectivity index (χ1v) is 13.2. The quantitative estimate of drug-likeness (QED) is 0.317. The second-order valence-corrected chi connectivity index (χ2v) is 10.8. The Bertz CT molecular complexity index is 1450. The number of benzene rings is 4. The lowest BCUT2D eigenvalue weighted by atomic mass is 9.87. The van der Waals surface area contributed by atoms with E-state index in [0.717, 1.165) is 32.2 Å². The minimum atomic E-state index is -4.19. The highest BCUT2D eigenvalue weighted by atomic mass is 32.2. The van der Waals surface area contributed by atoms with Crippen molar-refractivity contribution in [3.63, 3.8) is 0 Å². The standard InChI is InChI=1S/C30H30N2O3S/c1-22-15-18-27(19-16-22)36(34,35)32(25-13-9-6-10-14-25)30(33)29(24-11-7-5-8-12-24)28-20-17-26(31(3)4)21-23(28)2/h5-21,29H,1-4H3. The van der Waals surface area contributed by atoms with Crippen LogP contribution in [0.25, 0.3) is 0 Å². The van der Waals surface area contributed by atoms with Crippen molar-refractivity contribution in [2.45, 2.75) is 24.7 Å². The summed E-state index contributed by atoms with van der Waals surface area (Å²) < 4.78 is 28.9. The van der Waals surface area contributed by atoms with Crippen LogP contribution >= 0.6 is 0 Å². The molecule has 0 spiro atoms. The Balaban J connectivity index is 1.92. The number of hydrogen-bond donors (Lipinski definition) is 0. The smallest absolute Gasteiger partial charge is 0.270 e. The van der Waals surface area contributed by atoms with Crippen LogP contribution < -0.4 is 9.21 Å². The molecule has 1 amide bonds. The zero-order chi connectivity index (χ0) is 25.9. The molecule has 4 rings (SSSR count). The van der Waals surface area contributed by atoms with Gasteiger partial charge in [0.05, 0.1) is 16.5 Å². The topological polar surface area (TPSA) is 57.7 Å². The van der Waals surface area contributed by atoms with Crippen LogP contribution in [0, 0.1) is 13.8 Å². The van der Waals surface area contributed by atoms with Crippen LogP contribution in [-0.2, 0) is 14.8 Å². The van der Waals surface area contributed by atoms with Crippen LogP contribution in [0.4, 0.5) is 11.4 Å². The number of aryl methyl sites for hydroxylation is 2. The molecule has 0 N–H and O–H groups in total. The van der Waals surface area contributed by atoms with Gasteiger partial charge >= 0.3 is 0 Å². The van der Waals surface area contributed by atoms with Gasteiger partial charge in [-0.1, -0.05) is 72.3 Å². The largest absolute Gasteiger partial charge is 0.378 e. The van der Waals surface area contributed by atoms with E-state index in [-0.39, 0.29) is 4.90 Å². The molecule has 1 atom stereocenters. The molecule has 0 aliphatic heterocycles. The molecule has 0 aliphatic rings. The molecule has 6 heteroatoms. The summed E-state index contributed by atoms with van der Waals surface area (Å²) in [4.78, 5) is 16.5. The van der Waals surface area contributed by atoms with Crippen molar-refractivity contribution in [3.8, 4) is 0 Å². The molecule has 36 heavy (non-hydrogen) atoms. The number of hydrogen-bond acceptors (Lipinski definition) is 4. The number of carbonyl (C=O) groups excluding carboxylic acids is 1. The van der Waals surface area contributed by atoms with E-state index < -0.39 is 21.8 Å². The molecule has 0 aromatic heterocycles. The third-order valence-corrected chi connectivity index (χ3v) is 7.95. The lowest BCUT2D eigenvalue weighted by molar-refractivity contribution is -0.118. The van der Waals surface area contributed by atoms with E-state index in [1.54, 1.807) is 54.6 Å². The van der Waals surface area contributed by atoms with Gasteiger partial charge in [0.15, 0.2) is 0 Å². The summed E-state index contributed by atoms with van der Waals surface area (Å²) in [6.07, 6.45) is 0. The molecule has 0 saturated heterocycles. The highest BCUT2D eigenvalue weighted by Crippen LogP contribution is 2.35. The van der Waals surface area contributed by atoms with Gasteiger partial charge in [0.1, 0.15) is 0 Å². The maximum atomic E-state index is 14.4. The second kappa shape index (κ2) is 10.4. The predicted molar refractivity (Wildman–Crippen MR) is 146 cm³/mol. The molecule has 0 saturated carbocycles. The highest BCUT2D eigenvalue weighted by molar-refractivity contribution is 7.93. The molecule has 0 aliphatic carbocycles. The third-order valence-electron chi connectivity index (χ3n) is 6.21. The van der Waals surface area contributed by atoms with E-state index in [0.29, 0.717) is 5.69 Å². The van der Waals surface area contributed by atoms with Gasteiger partial charge in [0, 0.05) is 19.8 Å². The fourth-order valence-electron chi connectivity index (χ4n) is 4.24. The molecule has 0 bridgehead atoms. The van der Waals surface area contributed by atoms with Gasteiger partial charge in [-0.2, -0.15) is 0 Å². The summed E-state index contributed by atoms with van der Waals surface area (Å²) in [7, 11) is -0.274. The predicted octanol–water partition coefficient (Wildman–Crippen LogP) is 5.92. The summed E-state index contributed by atoms with van der Waals surface area (Å²) in [6, 6.07) is 30.3. The average Bonchev–Trinajstić information content (AvgIpc) is 2.86. The van der Waals surface area contributed by atoms with Gasteiger partial charge in [0.2, 0.25) is 0 Å². The van der Waals surface area contributed by atoms with E-state index in [1.807, 2.05) is 81.4 Å². The minimum absolute atomic E-state index is 0.0665. The lowest BCUT2D eigenvalue weighted by Gasteiger charge is -2.29. The molecule has 0 radical (unpaired) electrons. The molecular weight excluding hydrogens is 468 g/mol. The second-order valence-electron chi connectivity index (χ2n) is 9.04. The summed E-state index contributed by atoms with van der Waals surface area (Å²) in [6.45, 7) is 3.84. The first kappa shape index (κ1) is 25.2. The molecule has 5 nitrogen and oxygen atoms in total. The maximum Gasteiger partial charge on any atom is 0.270 e. The van der Waals surface area contributed by atoms with Crippen molar-refractivity contribution < 1.29 is 13.2 Å². The van der Waals surface area contributed by atoms with Gasteiger partial charge in [-0.25, -0.2) is 12.7 Å². The van der Waals surface area contributed by atoms with Crippen LogP contribution in [0.3, 0.4) is 0 Å². The van der Waals surface area contributed by atoms with Gasteiger partial charge < -0.3 is 4.90 Å². The highest BCUT2D eigenvalue weighted by Gasteiger charge is 2.37. The zero-order valence-corrected chi connectivity index (χ0v) is 21.7. The van der Waals surface area contributed by atoms with Crippen molar-refractivity contribution in [1.29, 1.82) is 0 Å². The Kier molecular flexibility index (Phi) is 7.27. The molecular formula is C30H30N2O3S. The van der Waals surface area contributed by atoms with E-state index >= 15 is 0 Å². The molecule has 4 aromatic rings. The normalized spacial score (nSPS) is 12.1. The number of amides is 1. The van der Waals surface area contributed by atoms with Crippen LogP contribution in [-0.4, -0.2) is 28.4 Å². The first-order valence-electron chi connectivity index (χ1n) is 11.7. The van der Waals surface area contributed by atoms with Gasteiger partial charge in [0.25, 0.3) is 15.9 Å². The maximum absolute atomic E-state index is 14.4. The Morgan fingerprint density at radius 2 is 1.31 bits per heavy atom. The van der Waals surface area contributed by atoms with Crippen molar-refractivity contribution in [2.75, 3.05) is 23.3 Å². The third kappa shape index (κ3) is 5.04. The number of para-hydroxylation sites is 1. The van der Waals surface area contributed by atoms with Crippen molar-refractivity contribution in [2.24, 2.45) is 0 Å². The van der Waals surface area contributed by atoms with Crippen LogP contribution in [0.15, 0.2) is 108 Å². The first-order chi connectivity index (χ1) is 17.2. The van der Waals surface area contributed by atoms with Gasteiger partial charge in [-0.15, -0.1) is 0 Å². The summed E-state index contributed by atoms with van der Waals surface area (Å²) in [5.41, 5.74) is 4.63. The Morgan fingerprint density at radius 3 is 1.86 bits per heavy atom. The van der Waals surface area contributed by atoms with E-state index in [2.05, 4.69) is 0 Å². The summed E-state index contributed by atoms with van der Waals surface area (Å²) in [5, 5.41) is 0. The summed E-state index contributed by atoms with van der Waals surface area (Å²) >= 11 is 0. The number of carbonyl (C=O) groups is 1. The van der Waals surface area contributed by atoms with Crippen LogP contribution in [0.1, 0.15) is 28.2 Å². The van der Waals surface area contributed by atoms with E-state index in [9.17, 15) is 13.2 Å². The number of sulfonamides is 1. The minimum Gasteiger partial charge on any atom is -0.378 e. The monoisotopic (exact) mass is 498 g/mol. The van der Waals surface area contributed by atoms with Crippen molar-refractivity contribution >= 4 is 27.3 Å². The van der Waals surface area contributed by atoms with Gasteiger partial charge in [-0.05, 0) is 66.9 Å². The zero-order valence-electron chi connectivity index (χ0n) is 20.9. The van der Waals surface area contributed by atoms with E-state index in [4.69, 9.17) is 0 Å². The van der Waals surface area contributed by atoms with Crippen molar-refractivity contribution in [3.05, 3.63) is 125 Å². The van der Waals surface area contributed by atoms with E-state index in [1.165, 1.54) is 0 Å². The number of nitrogens with zero attached hydrogens (tertiary/aromatic N) is 2. The molecule has 184 valence electrons. The average molecular weight is 499 g/mol.